The molecule has 2 aromatic carbocycles. The van der Waals surface area contributed by atoms with Crippen molar-refractivity contribution in [2.45, 2.75) is 42.8 Å². The summed E-state index contributed by atoms with van der Waals surface area (Å²) in [6, 6.07) is 11.9. The van der Waals surface area contributed by atoms with E-state index in [1.807, 2.05) is 36.4 Å². The van der Waals surface area contributed by atoms with Crippen LogP contribution >= 0.6 is 23.4 Å². The summed E-state index contributed by atoms with van der Waals surface area (Å²) in [6.07, 6.45) is -3.19. The number of fused-ring (bicyclic) bond motifs is 3. The molecular weight excluding hydrogens is 499 g/mol. The zero-order valence-electron chi connectivity index (χ0n) is 18.8. The number of rotatable bonds is 2. The first-order valence-electron chi connectivity index (χ1n) is 11.0. The fourth-order valence-corrected chi connectivity index (χ4v) is 6.06. The Kier molecular flexibility index (Phi) is 5.88. The lowest BCUT2D eigenvalue weighted by Gasteiger charge is -2.46. The molecule has 5 rings (SSSR count). The van der Waals surface area contributed by atoms with Crippen LogP contribution in [0.5, 0.6) is 0 Å². The molecule has 0 saturated heterocycles. The monoisotopic (exact) mass is 519 g/mol. The summed E-state index contributed by atoms with van der Waals surface area (Å²) in [5.74, 6) is -0.202. The second kappa shape index (κ2) is 8.64. The number of thioether (sulfide) groups is 1. The standard InChI is InChI=1S/C25H21ClF3N3O2S/c1-14-19(33)10-11-31-22(14)24(34)30(15(2)25(27,28)29)13-32(31)23-17-7-3-4-9-20(17)35-12-16-6-5-8-18(26)21(16)23/h3-11,15,23H,12-13H2,1-2H3/t15-,23+/m1/s1. The molecule has 0 N–H and O–H groups in total. The van der Waals surface area contributed by atoms with Crippen molar-refractivity contribution >= 4 is 29.3 Å². The van der Waals surface area contributed by atoms with Crippen molar-refractivity contribution in [3.8, 4) is 0 Å². The third kappa shape index (κ3) is 3.90. The van der Waals surface area contributed by atoms with Crippen LogP contribution in [0.3, 0.4) is 0 Å². The topological polar surface area (TPSA) is 45.6 Å². The van der Waals surface area contributed by atoms with Crippen molar-refractivity contribution in [2.75, 3.05) is 11.7 Å². The van der Waals surface area contributed by atoms with E-state index in [1.165, 1.54) is 23.9 Å². The molecule has 1 amide bonds. The van der Waals surface area contributed by atoms with E-state index >= 15 is 0 Å². The van der Waals surface area contributed by atoms with Gasteiger partial charge in [0.2, 0.25) is 0 Å². The Labute approximate surface area is 209 Å². The molecule has 35 heavy (non-hydrogen) atoms. The lowest BCUT2D eigenvalue weighted by atomic mass is 9.94. The highest BCUT2D eigenvalue weighted by Crippen LogP contribution is 2.45. The molecule has 2 atom stereocenters. The number of alkyl halides is 3. The lowest BCUT2D eigenvalue weighted by molar-refractivity contribution is -0.173. The molecule has 2 aliphatic heterocycles. The van der Waals surface area contributed by atoms with Crippen LogP contribution in [0.1, 0.15) is 45.7 Å². The van der Waals surface area contributed by atoms with Gasteiger partial charge in [-0.05, 0) is 37.1 Å². The van der Waals surface area contributed by atoms with E-state index in [-0.39, 0.29) is 17.9 Å². The molecule has 0 radical (unpaired) electrons. The number of nitrogens with zero attached hydrogens (tertiary/aromatic N) is 3. The number of benzene rings is 2. The van der Waals surface area contributed by atoms with Gasteiger partial charge in [0.1, 0.15) is 24.4 Å². The van der Waals surface area contributed by atoms with Crippen molar-refractivity contribution in [3.63, 3.8) is 0 Å². The van der Waals surface area contributed by atoms with Crippen molar-refractivity contribution < 1.29 is 18.0 Å². The van der Waals surface area contributed by atoms with E-state index in [9.17, 15) is 22.8 Å². The quantitative estimate of drug-likeness (QED) is 0.448. The van der Waals surface area contributed by atoms with Crippen LogP contribution in [0.25, 0.3) is 0 Å². The number of pyridine rings is 1. The largest absolute Gasteiger partial charge is 0.408 e. The molecule has 0 bridgehead atoms. The Balaban J connectivity index is 1.80. The molecule has 3 aromatic rings. The summed E-state index contributed by atoms with van der Waals surface area (Å²) in [5.41, 5.74) is 2.18. The molecule has 0 unspecified atom stereocenters. The zero-order valence-corrected chi connectivity index (χ0v) is 20.4. The maximum Gasteiger partial charge on any atom is 0.408 e. The molecule has 0 aliphatic carbocycles. The molecular formula is C25H21ClF3N3O2S. The molecule has 10 heteroatoms. The van der Waals surface area contributed by atoms with Crippen LogP contribution in [-0.4, -0.2) is 34.4 Å². The van der Waals surface area contributed by atoms with Crippen LogP contribution in [0.4, 0.5) is 13.2 Å². The van der Waals surface area contributed by atoms with Gasteiger partial charge in [0.05, 0.1) is 0 Å². The molecule has 0 fully saturated rings. The fraction of sp³-hybridized carbons (Fsp3) is 0.280. The van der Waals surface area contributed by atoms with Crippen molar-refractivity contribution in [3.05, 3.63) is 97.9 Å². The number of hydrogen-bond acceptors (Lipinski definition) is 4. The number of aromatic nitrogens is 1. The van der Waals surface area contributed by atoms with Gasteiger partial charge in [-0.3, -0.25) is 19.3 Å². The predicted molar refractivity (Wildman–Crippen MR) is 130 cm³/mol. The Bertz CT molecular complexity index is 1390. The predicted octanol–water partition coefficient (Wildman–Crippen LogP) is 5.51. The van der Waals surface area contributed by atoms with E-state index < -0.39 is 29.6 Å². The van der Waals surface area contributed by atoms with Gasteiger partial charge in [-0.1, -0.05) is 41.9 Å². The van der Waals surface area contributed by atoms with Gasteiger partial charge >= 0.3 is 6.18 Å². The maximum absolute atomic E-state index is 13.8. The minimum Gasteiger partial charge on any atom is -0.306 e. The Morgan fingerprint density at radius 1 is 1.09 bits per heavy atom. The van der Waals surface area contributed by atoms with E-state index in [2.05, 4.69) is 0 Å². The minimum atomic E-state index is -4.64. The first-order chi connectivity index (χ1) is 16.6. The smallest absolute Gasteiger partial charge is 0.306 e. The normalized spacial score (nSPS) is 18.5. The Morgan fingerprint density at radius 2 is 1.83 bits per heavy atom. The number of hydrogen-bond donors (Lipinski definition) is 0. The van der Waals surface area contributed by atoms with E-state index in [0.29, 0.717) is 10.8 Å². The zero-order chi connectivity index (χ0) is 25.1. The van der Waals surface area contributed by atoms with Crippen LogP contribution in [-0.2, 0) is 5.75 Å². The third-order valence-corrected chi connectivity index (χ3v) is 8.08. The molecule has 2 aliphatic rings. The molecule has 182 valence electrons. The molecule has 0 spiro atoms. The molecule has 5 nitrogen and oxygen atoms in total. The first-order valence-corrected chi connectivity index (χ1v) is 12.3. The Morgan fingerprint density at radius 3 is 2.57 bits per heavy atom. The van der Waals surface area contributed by atoms with Gasteiger partial charge in [-0.2, -0.15) is 13.2 Å². The highest BCUT2D eigenvalue weighted by molar-refractivity contribution is 7.98. The summed E-state index contributed by atoms with van der Waals surface area (Å²) >= 11 is 8.35. The summed E-state index contributed by atoms with van der Waals surface area (Å²) in [6.45, 7) is 2.08. The highest BCUT2D eigenvalue weighted by Gasteiger charge is 2.47. The van der Waals surface area contributed by atoms with Crippen LogP contribution in [0, 0.1) is 6.92 Å². The van der Waals surface area contributed by atoms with Gasteiger partial charge in [0.25, 0.3) is 5.91 Å². The van der Waals surface area contributed by atoms with Crippen LogP contribution in [0.2, 0.25) is 5.02 Å². The van der Waals surface area contributed by atoms with E-state index in [0.717, 1.165) is 33.4 Å². The average Bonchev–Trinajstić information content (AvgIpc) is 2.98. The van der Waals surface area contributed by atoms with E-state index in [1.54, 1.807) is 22.8 Å². The number of amides is 1. The second-order valence-electron chi connectivity index (χ2n) is 8.61. The van der Waals surface area contributed by atoms with Crippen LogP contribution < -0.4 is 10.4 Å². The van der Waals surface area contributed by atoms with Gasteiger partial charge < -0.3 is 4.90 Å². The second-order valence-corrected chi connectivity index (χ2v) is 10.0. The van der Waals surface area contributed by atoms with Gasteiger partial charge in [0.15, 0.2) is 5.43 Å². The number of carbonyl (C=O) groups excluding carboxylic acids is 1. The molecule has 3 heterocycles. The average molecular weight is 520 g/mol. The fourth-order valence-electron chi connectivity index (χ4n) is 4.68. The van der Waals surface area contributed by atoms with Crippen molar-refractivity contribution in [2.24, 2.45) is 0 Å². The van der Waals surface area contributed by atoms with Crippen molar-refractivity contribution in [1.82, 2.24) is 9.58 Å². The van der Waals surface area contributed by atoms with E-state index in [4.69, 9.17) is 11.6 Å². The number of halogens is 4. The Hall–Kier alpha value is -2.91. The molecule has 0 saturated carbocycles. The first kappa shape index (κ1) is 23.8. The maximum atomic E-state index is 13.8. The van der Waals surface area contributed by atoms with Crippen molar-refractivity contribution in [1.29, 1.82) is 0 Å². The summed E-state index contributed by atoms with van der Waals surface area (Å²) in [4.78, 5) is 27.5. The summed E-state index contributed by atoms with van der Waals surface area (Å²) in [7, 11) is 0. The minimum absolute atomic E-state index is 0.0807. The lowest BCUT2D eigenvalue weighted by Crippen LogP contribution is -2.60. The summed E-state index contributed by atoms with van der Waals surface area (Å²) in [5, 5.41) is 2.18. The number of carbonyl (C=O) groups is 1. The molecule has 1 aromatic heterocycles. The SMILES string of the molecule is Cc1c2n(ccc1=O)N([C@H]1c3ccccc3SCc3cccc(Cl)c31)CN([C@H](C)C(F)(F)F)C2=O. The van der Waals surface area contributed by atoms with Gasteiger partial charge in [-0.15, -0.1) is 11.8 Å². The summed E-state index contributed by atoms with van der Waals surface area (Å²) < 4.78 is 43.0. The van der Waals surface area contributed by atoms with Gasteiger partial charge in [0, 0.05) is 39.1 Å². The van der Waals surface area contributed by atoms with Crippen LogP contribution in [0.15, 0.2) is 64.4 Å². The third-order valence-electron chi connectivity index (χ3n) is 6.61. The van der Waals surface area contributed by atoms with Gasteiger partial charge in [-0.25, -0.2) is 0 Å². The highest BCUT2D eigenvalue weighted by atomic mass is 35.5.